The van der Waals surface area contributed by atoms with Crippen LogP contribution in [0.25, 0.3) is 21.7 Å². The number of allylic oxidation sites excluding steroid dienone is 5. The average molecular weight is 321 g/mol. The Balaban J connectivity index is 2.12. The van der Waals surface area contributed by atoms with Crippen molar-refractivity contribution in [2.75, 3.05) is 7.05 Å². The van der Waals surface area contributed by atoms with E-state index in [2.05, 4.69) is 62.2 Å². The predicted octanol–water partition coefficient (Wildman–Crippen LogP) is 5.94. The summed E-state index contributed by atoms with van der Waals surface area (Å²) >= 11 is 1.93. The molecule has 0 aliphatic heterocycles. The van der Waals surface area contributed by atoms with E-state index in [4.69, 9.17) is 0 Å². The van der Waals surface area contributed by atoms with Crippen molar-refractivity contribution in [1.29, 1.82) is 0 Å². The van der Waals surface area contributed by atoms with Gasteiger partial charge in [-0.3, -0.25) is 0 Å². The van der Waals surface area contributed by atoms with Gasteiger partial charge in [-0.15, -0.1) is 11.3 Å². The molecule has 0 atom stereocenters. The normalized spacial score (nSPS) is 13.8. The fraction of sp³-hybridized carbons (Fsp3) is 0.238. The van der Waals surface area contributed by atoms with Gasteiger partial charge in [0.05, 0.1) is 0 Å². The highest BCUT2D eigenvalue weighted by Crippen LogP contribution is 2.37. The molecule has 0 saturated carbocycles. The third kappa shape index (κ3) is 3.04. The molecule has 0 radical (unpaired) electrons. The number of hydrogen-bond donors (Lipinski definition) is 1. The van der Waals surface area contributed by atoms with Gasteiger partial charge in [0.15, 0.2) is 0 Å². The van der Waals surface area contributed by atoms with Crippen LogP contribution >= 0.6 is 11.3 Å². The van der Waals surface area contributed by atoms with Crippen molar-refractivity contribution in [2.24, 2.45) is 0 Å². The molecule has 1 aliphatic rings. The van der Waals surface area contributed by atoms with Gasteiger partial charge in [-0.1, -0.05) is 36.4 Å². The predicted molar refractivity (Wildman–Crippen MR) is 105 cm³/mol. The average Bonchev–Trinajstić information content (AvgIpc) is 2.93. The summed E-state index contributed by atoms with van der Waals surface area (Å²) < 4.78 is 1.38. The van der Waals surface area contributed by atoms with Crippen LogP contribution in [0.2, 0.25) is 0 Å². The lowest BCUT2D eigenvalue weighted by Gasteiger charge is -2.09. The molecule has 23 heavy (non-hydrogen) atoms. The number of nitrogens with one attached hydrogen (secondary N) is 1. The zero-order chi connectivity index (χ0) is 16.4. The van der Waals surface area contributed by atoms with Gasteiger partial charge in [0.25, 0.3) is 0 Å². The first kappa shape index (κ1) is 15.8. The summed E-state index contributed by atoms with van der Waals surface area (Å²) in [5.74, 6) is 0. The first-order chi connectivity index (χ1) is 11.1. The van der Waals surface area contributed by atoms with E-state index in [0.29, 0.717) is 0 Å². The molecular weight excluding hydrogens is 298 g/mol. The molecule has 0 saturated heterocycles. The van der Waals surface area contributed by atoms with E-state index in [1.807, 2.05) is 24.5 Å². The number of aryl methyl sites for hydroxylation is 1. The minimum atomic E-state index is 1.15. The van der Waals surface area contributed by atoms with Gasteiger partial charge in [-0.2, -0.15) is 0 Å². The zero-order valence-electron chi connectivity index (χ0n) is 14.1. The van der Waals surface area contributed by atoms with Crippen LogP contribution in [0.5, 0.6) is 0 Å². The van der Waals surface area contributed by atoms with Crippen LogP contribution in [0.1, 0.15) is 36.3 Å². The summed E-state index contributed by atoms with van der Waals surface area (Å²) in [5.41, 5.74) is 6.20. The van der Waals surface area contributed by atoms with Crippen molar-refractivity contribution in [2.45, 2.75) is 26.7 Å². The molecule has 0 fully saturated rings. The second-order valence-corrected chi connectivity index (χ2v) is 7.20. The monoisotopic (exact) mass is 321 g/mol. The summed E-state index contributed by atoms with van der Waals surface area (Å²) in [7, 11) is 1.96. The van der Waals surface area contributed by atoms with E-state index in [-0.39, 0.29) is 0 Å². The van der Waals surface area contributed by atoms with Gasteiger partial charge < -0.3 is 5.32 Å². The van der Waals surface area contributed by atoms with Gasteiger partial charge in [0.2, 0.25) is 0 Å². The van der Waals surface area contributed by atoms with Crippen LogP contribution in [0.3, 0.4) is 0 Å². The number of thiophene rings is 1. The van der Waals surface area contributed by atoms with E-state index in [1.54, 1.807) is 0 Å². The smallest absolute Gasteiger partial charge is 0.0352 e. The van der Waals surface area contributed by atoms with Crippen molar-refractivity contribution >= 4 is 33.1 Å². The lowest BCUT2D eigenvalue weighted by molar-refractivity contribution is 1.000. The van der Waals surface area contributed by atoms with Gasteiger partial charge in [0.1, 0.15) is 0 Å². The van der Waals surface area contributed by atoms with Crippen LogP contribution in [0.4, 0.5) is 0 Å². The van der Waals surface area contributed by atoms with Crippen molar-refractivity contribution in [1.82, 2.24) is 5.32 Å². The van der Waals surface area contributed by atoms with Gasteiger partial charge in [-0.05, 0) is 61.6 Å². The van der Waals surface area contributed by atoms with E-state index < -0.39 is 0 Å². The van der Waals surface area contributed by atoms with Crippen LogP contribution < -0.4 is 5.32 Å². The summed E-state index contributed by atoms with van der Waals surface area (Å²) in [5, 5.41) is 4.63. The quantitative estimate of drug-likeness (QED) is 0.687. The van der Waals surface area contributed by atoms with Crippen LogP contribution in [-0.4, -0.2) is 7.05 Å². The number of benzene rings is 1. The van der Waals surface area contributed by atoms with Crippen LogP contribution in [-0.2, 0) is 6.42 Å². The molecule has 3 rings (SSSR count). The number of fused-ring (bicyclic) bond motifs is 3. The molecule has 1 heterocycles. The van der Waals surface area contributed by atoms with Gasteiger partial charge in [-0.25, -0.2) is 0 Å². The molecule has 0 spiro atoms. The third-order valence-corrected chi connectivity index (χ3v) is 5.53. The standard InChI is InChI=1S/C21H23NS/c1-5-15(13-19(22-4)14(2)3)16-10-11-21-18(12-16)17-8-6-7-9-20(17)23-21/h5-6,8,10-13,22H,1,7,9H2,2-4H3/b15-13+. The molecule has 1 aliphatic carbocycles. The maximum Gasteiger partial charge on any atom is 0.0352 e. The molecule has 1 nitrogen and oxygen atoms in total. The molecule has 1 aromatic carbocycles. The van der Waals surface area contributed by atoms with E-state index in [1.165, 1.54) is 38.1 Å². The third-order valence-electron chi connectivity index (χ3n) is 4.29. The van der Waals surface area contributed by atoms with Crippen molar-refractivity contribution in [3.8, 4) is 0 Å². The van der Waals surface area contributed by atoms with Crippen LogP contribution in [0, 0.1) is 0 Å². The Morgan fingerprint density at radius 2 is 2.13 bits per heavy atom. The molecule has 1 N–H and O–H groups in total. The number of likely N-dealkylation sites (N-methyl/N-ethyl adjacent to an activating group) is 1. The second-order valence-electron chi connectivity index (χ2n) is 6.06. The number of hydrogen-bond acceptors (Lipinski definition) is 2. The van der Waals surface area contributed by atoms with Gasteiger partial charge >= 0.3 is 0 Å². The zero-order valence-corrected chi connectivity index (χ0v) is 14.9. The summed E-state index contributed by atoms with van der Waals surface area (Å²) in [6, 6.07) is 6.77. The fourth-order valence-electron chi connectivity index (χ4n) is 3.01. The minimum absolute atomic E-state index is 1.15. The van der Waals surface area contributed by atoms with Gasteiger partial charge in [0, 0.05) is 27.7 Å². The number of rotatable bonds is 4. The molecule has 0 bridgehead atoms. The van der Waals surface area contributed by atoms with Crippen molar-refractivity contribution in [3.63, 3.8) is 0 Å². The molecule has 1 aromatic heterocycles. The lowest BCUT2D eigenvalue weighted by atomic mass is 9.98. The second kappa shape index (κ2) is 6.59. The Morgan fingerprint density at radius 3 is 2.83 bits per heavy atom. The SMILES string of the molecule is C=C/C(=C\C(NC)=C(C)C)c1ccc2sc3c(c2c1)C=CCC3. The Hall–Kier alpha value is -2.06. The highest BCUT2D eigenvalue weighted by Gasteiger charge is 2.13. The highest BCUT2D eigenvalue weighted by atomic mass is 32.1. The summed E-state index contributed by atoms with van der Waals surface area (Å²) in [6.45, 7) is 8.24. The topological polar surface area (TPSA) is 12.0 Å². The Labute approximate surface area is 142 Å². The lowest BCUT2D eigenvalue weighted by Crippen LogP contribution is -2.05. The molecular formula is C21H23NS. The molecule has 2 heteroatoms. The Kier molecular flexibility index (Phi) is 4.53. The first-order valence-corrected chi connectivity index (χ1v) is 8.87. The van der Waals surface area contributed by atoms with E-state index in [9.17, 15) is 0 Å². The maximum atomic E-state index is 4.01. The van der Waals surface area contributed by atoms with E-state index >= 15 is 0 Å². The van der Waals surface area contributed by atoms with Crippen LogP contribution in [0.15, 0.2) is 54.3 Å². The fourth-order valence-corrected chi connectivity index (χ4v) is 4.20. The summed E-state index contributed by atoms with van der Waals surface area (Å²) in [6.07, 6.45) is 11.0. The molecule has 2 aromatic rings. The molecule has 0 unspecified atom stereocenters. The van der Waals surface area contributed by atoms with Crippen molar-refractivity contribution in [3.05, 3.63) is 70.3 Å². The first-order valence-electron chi connectivity index (χ1n) is 8.05. The molecule has 0 amide bonds. The largest absolute Gasteiger partial charge is 0.388 e. The minimum Gasteiger partial charge on any atom is -0.388 e. The van der Waals surface area contributed by atoms with E-state index in [0.717, 1.165) is 17.7 Å². The Bertz CT molecular complexity index is 842. The Morgan fingerprint density at radius 1 is 1.30 bits per heavy atom. The maximum absolute atomic E-state index is 4.01. The highest BCUT2D eigenvalue weighted by molar-refractivity contribution is 7.19. The molecule has 118 valence electrons. The summed E-state index contributed by atoms with van der Waals surface area (Å²) in [4.78, 5) is 1.52. The van der Waals surface area contributed by atoms with Crippen molar-refractivity contribution < 1.29 is 0 Å².